The second kappa shape index (κ2) is 5.27. The summed E-state index contributed by atoms with van der Waals surface area (Å²) < 4.78 is 0. The molecule has 0 atom stereocenters. The molecule has 0 spiro atoms. The van der Waals surface area contributed by atoms with Gasteiger partial charge in [-0.15, -0.1) is 0 Å². The number of pyridine rings is 2. The van der Waals surface area contributed by atoms with Gasteiger partial charge in [0.05, 0.1) is 0 Å². The maximum atomic E-state index is 10.6. The van der Waals surface area contributed by atoms with E-state index in [1.807, 2.05) is 19.1 Å². The van der Waals surface area contributed by atoms with Crippen molar-refractivity contribution in [3.8, 4) is 0 Å². The van der Waals surface area contributed by atoms with Crippen molar-refractivity contribution in [2.75, 3.05) is 5.32 Å². The molecule has 0 aliphatic carbocycles. The summed E-state index contributed by atoms with van der Waals surface area (Å²) >= 11 is 0. The van der Waals surface area contributed by atoms with Crippen LogP contribution in [0.1, 0.15) is 21.6 Å². The van der Waals surface area contributed by atoms with Gasteiger partial charge in [-0.1, -0.05) is 12.1 Å². The monoisotopic (exact) mass is 243 g/mol. The van der Waals surface area contributed by atoms with Crippen molar-refractivity contribution in [1.82, 2.24) is 9.97 Å². The number of aromatic carboxylic acids is 1. The molecule has 2 aromatic heterocycles. The fourth-order valence-electron chi connectivity index (χ4n) is 1.42. The SMILES string of the molecule is Cc1ccc(NCc2ccc(C(=O)O)nc2)nc1. The quantitative estimate of drug-likeness (QED) is 0.860. The first kappa shape index (κ1) is 12.0. The van der Waals surface area contributed by atoms with E-state index in [1.165, 1.54) is 6.07 Å². The van der Waals surface area contributed by atoms with Crippen LogP contribution in [0.3, 0.4) is 0 Å². The van der Waals surface area contributed by atoms with E-state index in [9.17, 15) is 4.79 Å². The first-order valence-electron chi connectivity index (χ1n) is 5.50. The highest BCUT2D eigenvalue weighted by atomic mass is 16.4. The second-order valence-electron chi connectivity index (χ2n) is 3.93. The molecule has 0 fully saturated rings. The lowest BCUT2D eigenvalue weighted by Crippen LogP contribution is -2.04. The zero-order valence-corrected chi connectivity index (χ0v) is 9.92. The number of carboxylic acids is 1. The summed E-state index contributed by atoms with van der Waals surface area (Å²) in [6, 6.07) is 7.09. The van der Waals surface area contributed by atoms with Gasteiger partial charge in [0.2, 0.25) is 0 Å². The smallest absolute Gasteiger partial charge is 0.354 e. The molecule has 0 aromatic carbocycles. The minimum Gasteiger partial charge on any atom is -0.477 e. The summed E-state index contributed by atoms with van der Waals surface area (Å²) in [7, 11) is 0. The van der Waals surface area contributed by atoms with E-state index in [0.717, 1.165) is 16.9 Å². The van der Waals surface area contributed by atoms with Crippen LogP contribution in [0.25, 0.3) is 0 Å². The van der Waals surface area contributed by atoms with Gasteiger partial charge in [-0.25, -0.2) is 14.8 Å². The summed E-state index contributed by atoms with van der Waals surface area (Å²) in [5.41, 5.74) is 2.06. The summed E-state index contributed by atoms with van der Waals surface area (Å²) in [5, 5.41) is 11.9. The van der Waals surface area contributed by atoms with E-state index in [-0.39, 0.29) is 5.69 Å². The minimum absolute atomic E-state index is 0.0483. The van der Waals surface area contributed by atoms with Gasteiger partial charge in [0.15, 0.2) is 0 Å². The molecule has 0 aliphatic rings. The van der Waals surface area contributed by atoms with Gasteiger partial charge in [0, 0.05) is 18.9 Å². The number of carbonyl (C=O) groups is 1. The third-order valence-electron chi connectivity index (χ3n) is 2.43. The van der Waals surface area contributed by atoms with Crippen LogP contribution in [0, 0.1) is 6.92 Å². The number of aryl methyl sites for hydroxylation is 1. The molecule has 0 saturated heterocycles. The van der Waals surface area contributed by atoms with Crippen LogP contribution in [0.4, 0.5) is 5.82 Å². The molecule has 0 aliphatic heterocycles. The molecule has 18 heavy (non-hydrogen) atoms. The Morgan fingerprint density at radius 2 is 2.06 bits per heavy atom. The van der Waals surface area contributed by atoms with Crippen molar-refractivity contribution in [3.63, 3.8) is 0 Å². The number of aromatic nitrogens is 2. The van der Waals surface area contributed by atoms with Crippen molar-refractivity contribution >= 4 is 11.8 Å². The van der Waals surface area contributed by atoms with Crippen LogP contribution < -0.4 is 5.32 Å². The van der Waals surface area contributed by atoms with Gasteiger partial charge in [0.1, 0.15) is 11.5 Å². The Kier molecular flexibility index (Phi) is 3.52. The van der Waals surface area contributed by atoms with Gasteiger partial charge in [-0.3, -0.25) is 0 Å². The number of nitrogens with zero attached hydrogens (tertiary/aromatic N) is 2. The molecule has 0 radical (unpaired) electrons. The van der Waals surface area contributed by atoms with Crippen molar-refractivity contribution < 1.29 is 9.90 Å². The highest BCUT2D eigenvalue weighted by Gasteiger charge is 2.03. The summed E-state index contributed by atoms with van der Waals surface area (Å²) in [6.07, 6.45) is 3.33. The molecular formula is C13H13N3O2. The lowest BCUT2D eigenvalue weighted by atomic mass is 10.2. The Morgan fingerprint density at radius 3 is 2.61 bits per heavy atom. The lowest BCUT2D eigenvalue weighted by molar-refractivity contribution is 0.0690. The first-order valence-corrected chi connectivity index (χ1v) is 5.50. The normalized spacial score (nSPS) is 10.1. The number of anilines is 1. The largest absolute Gasteiger partial charge is 0.477 e. The molecule has 5 nitrogen and oxygen atoms in total. The van der Waals surface area contributed by atoms with E-state index in [1.54, 1.807) is 18.5 Å². The number of rotatable bonds is 4. The van der Waals surface area contributed by atoms with Crippen LogP contribution in [0.5, 0.6) is 0 Å². The summed E-state index contributed by atoms with van der Waals surface area (Å²) in [4.78, 5) is 18.7. The number of hydrogen-bond acceptors (Lipinski definition) is 4. The average Bonchev–Trinajstić information content (AvgIpc) is 2.38. The topological polar surface area (TPSA) is 75.1 Å². The maximum Gasteiger partial charge on any atom is 0.354 e. The third kappa shape index (κ3) is 3.04. The minimum atomic E-state index is -1.02. The van der Waals surface area contributed by atoms with Gasteiger partial charge in [0.25, 0.3) is 0 Å². The molecule has 5 heteroatoms. The Labute approximate surface area is 105 Å². The molecule has 0 unspecified atom stereocenters. The maximum absolute atomic E-state index is 10.6. The van der Waals surface area contributed by atoms with Gasteiger partial charge in [-0.2, -0.15) is 0 Å². The number of carboxylic acid groups (broad SMARTS) is 1. The molecule has 0 bridgehead atoms. The Balaban J connectivity index is 1.97. The van der Waals surface area contributed by atoms with Gasteiger partial charge < -0.3 is 10.4 Å². The van der Waals surface area contributed by atoms with Crippen LogP contribution in [-0.2, 0) is 6.54 Å². The van der Waals surface area contributed by atoms with Crippen molar-refractivity contribution in [2.45, 2.75) is 13.5 Å². The fourth-order valence-corrected chi connectivity index (χ4v) is 1.42. The Morgan fingerprint density at radius 1 is 1.22 bits per heavy atom. The fraction of sp³-hybridized carbons (Fsp3) is 0.154. The van der Waals surface area contributed by atoms with Crippen LogP contribution in [-0.4, -0.2) is 21.0 Å². The molecule has 92 valence electrons. The van der Waals surface area contributed by atoms with Gasteiger partial charge >= 0.3 is 5.97 Å². The number of nitrogens with one attached hydrogen (secondary N) is 1. The standard InChI is InChI=1S/C13H13N3O2/c1-9-2-5-12(15-6-9)16-8-10-3-4-11(13(17)18)14-7-10/h2-7H,8H2,1H3,(H,15,16)(H,17,18). The molecule has 2 rings (SSSR count). The van der Waals surface area contributed by atoms with Crippen LogP contribution in [0.15, 0.2) is 36.7 Å². The highest BCUT2D eigenvalue weighted by Crippen LogP contribution is 2.07. The predicted molar refractivity (Wildman–Crippen MR) is 67.5 cm³/mol. The molecular weight excluding hydrogens is 230 g/mol. The van der Waals surface area contributed by atoms with Gasteiger partial charge in [-0.05, 0) is 30.2 Å². The summed E-state index contributed by atoms with van der Waals surface area (Å²) in [6.45, 7) is 2.54. The Hall–Kier alpha value is -2.43. The molecule has 2 N–H and O–H groups in total. The van der Waals surface area contributed by atoms with E-state index in [4.69, 9.17) is 5.11 Å². The predicted octanol–water partition coefficient (Wildman–Crippen LogP) is 2.10. The zero-order valence-electron chi connectivity index (χ0n) is 9.92. The van der Waals surface area contributed by atoms with Crippen LogP contribution >= 0.6 is 0 Å². The van der Waals surface area contributed by atoms with E-state index < -0.39 is 5.97 Å². The zero-order chi connectivity index (χ0) is 13.0. The van der Waals surface area contributed by atoms with Crippen molar-refractivity contribution in [2.24, 2.45) is 0 Å². The molecule has 0 amide bonds. The molecule has 2 aromatic rings. The molecule has 0 saturated carbocycles. The first-order chi connectivity index (χ1) is 8.65. The third-order valence-corrected chi connectivity index (χ3v) is 2.43. The Bertz CT molecular complexity index is 535. The molecule has 2 heterocycles. The van der Waals surface area contributed by atoms with Crippen molar-refractivity contribution in [3.05, 3.63) is 53.5 Å². The van der Waals surface area contributed by atoms with E-state index in [2.05, 4.69) is 15.3 Å². The summed E-state index contributed by atoms with van der Waals surface area (Å²) in [5.74, 6) is -0.238. The highest BCUT2D eigenvalue weighted by molar-refractivity contribution is 5.85. The number of hydrogen-bond donors (Lipinski definition) is 2. The van der Waals surface area contributed by atoms with Crippen molar-refractivity contribution in [1.29, 1.82) is 0 Å². The van der Waals surface area contributed by atoms with E-state index >= 15 is 0 Å². The van der Waals surface area contributed by atoms with Crippen LogP contribution in [0.2, 0.25) is 0 Å². The lowest BCUT2D eigenvalue weighted by Gasteiger charge is -2.05. The average molecular weight is 243 g/mol. The van der Waals surface area contributed by atoms with E-state index in [0.29, 0.717) is 6.54 Å². The second-order valence-corrected chi connectivity index (χ2v) is 3.93.